The van der Waals surface area contributed by atoms with E-state index < -0.39 is 51.8 Å². The molecule has 0 aliphatic rings. The van der Waals surface area contributed by atoms with Crippen LogP contribution in [0.25, 0.3) is 0 Å². The second-order valence-corrected chi connectivity index (χ2v) is 14.3. The molecule has 0 aliphatic heterocycles. The van der Waals surface area contributed by atoms with E-state index in [-0.39, 0.29) is 23.7 Å². The first-order valence-corrected chi connectivity index (χ1v) is 16.4. The minimum absolute atomic E-state index is 0.00812. The van der Waals surface area contributed by atoms with Crippen molar-refractivity contribution in [1.82, 2.24) is 10.6 Å². The van der Waals surface area contributed by atoms with Crippen LogP contribution < -0.4 is 15.4 Å². The van der Waals surface area contributed by atoms with Gasteiger partial charge in [-0.2, -0.15) is 0 Å². The van der Waals surface area contributed by atoms with Gasteiger partial charge >= 0.3 is 11.9 Å². The largest absolute Gasteiger partial charge is 0.496 e. The van der Waals surface area contributed by atoms with Crippen LogP contribution in [-0.4, -0.2) is 65.2 Å². The molecule has 2 aromatic rings. The average molecular weight is 649 g/mol. The molecular weight excluding hydrogens is 604 g/mol. The van der Waals surface area contributed by atoms with Gasteiger partial charge in [0.05, 0.1) is 12.7 Å². The lowest BCUT2D eigenvalue weighted by Gasteiger charge is -2.47. The molecule has 0 aromatic heterocycles. The van der Waals surface area contributed by atoms with E-state index in [1.54, 1.807) is 52.8 Å². The monoisotopic (exact) mass is 648 g/mol. The van der Waals surface area contributed by atoms with Gasteiger partial charge in [0.15, 0.2) is 4.93 Å². The summed E-state index contributed by atoms with van der Waals surface area (Å²) in [6, 6.07) is 14.2. The third kappa shape index (κ3) is 8.70. The molecular formula is C32H44N2O8S2. The summed E-state index contributed by atoms with van der Waals surface area (Å²) in [4.78, 5) is 54.2. The number of carbonyl (C=O) groups is 4. The molecule has 2 rings (SSSR count). The number of carbonyl (C=O) groups excluding carboxylic acids is 3. The molecule has 12 heteroatoms. The highest BCUT2D eigenvalue weighted by Crippen LogP contribution is 2.52. The van der Waals surface area contributed by atoms with E-state index in [1.165, 1.54) is 31.1 Å². The third-order valence-electron chi connectivity index (χ3n) is 6.61. The molecule has 3 unspecified atom stereocenters. The Morgan fingerprint density at radius 1 is 0.909 bits per heavy atom. The summed E-state index contributed by atoms with van der Waals surface area (Å²) < 4.78 is 16.9. The zero-order valence-corrected chi connectivity index (χ0v) is 28.4. The van der Waals surface area contributed by atoms with E-state index in [1.807, 2.05) is 44.2 Å². The number of amides is 2. The number of carboxylic acid groups (broad SMARTS) is 1. The lowest BCUT2D eigenvalue weighted by atomic mass is 9.82. The Bertz CT molecular complexity index is 1300. The third-order valence-corrected chi connectivity index (χ3v) is 9.92. The Morgan fingerprint density at radius 2 is 1.50 bits per heavy atom. The minimum atomic E-state index is -2.75. The lowest BCUT2D eigenvalue weighted by molar-refractivity contribution is -0.167. The molecule has 0 saturated carbocycles. The van der Waals surface area contributed by atoms with E-state index in [0.717, 1.165) is 15.7 Å². The molecule has 44 heavy (non-hydrogen) atoms. The summed E-state index contributed by atoms with van der Waals surface area (Å²) >= 11 is 0. The number of para-hydroxylation sites is 1. The maximum atomic E-state index is 14.6. The molecule has 0 fully saturated rings. The fourth-order valence-electron chi connectivity index (χ4n) is 4.60. The second-order valence-electron chi connectivity index (χ2n) is 11.9. The molecule has 0 saturated heterocycles. The normalized spacial score (nSPS) is 15.1. The number of carboxylic acids is 1. The molecule has 0 radical (unpaired) electrons. The summed E-state index contributed by atoms with van der Waals surface area (Å²) in [6.45, 7) is 12.2. The van der Waals surface area contributed by atoms with Crippen molar-refractivity contribution in [3.8, 4) is 5.75 Å². The van der Waals surface area contributed by atoms with Gasteiger partial charge in [-0.3, -0.25) is 9.59 Å². The van der Waals surface area contributed by atoms with Gasteiger partial charge in [-0.05, 0) is 74.1 Å². The molecule has 0 aliphatic carbocycles. The van der Waals surface area contributed by atoms with Gasteiger partial charge in [-0.1, -0.05) is 68.8 Å². The minimum Gasteiger partial charge on any atom is -0.496 e. The Hall–Kier alpha value is -3.22. The van der Waals surface area contributed by atoms with Crippen LogP contribution in [0.5, 0.6) is 5.75 Å². The van der Waals surface area contributed by atoms with Crippen LogP contribution in [0.3, 0.4) is 0 Å². The maximum Gasteiger partial charge on any atom is 0.343 e. The Morgan fingerprint density at radius 3 is 2.00 bits per heavy atom. The van der Waals surface area contributed by atoms with Crippen molar-refractivity contribution in [3.05, 3.63) is 60.2 Å². The highest BCUT2D eigenvalue weighted by atomic mass is 33.1. The molecule has 3 atom stereocenters. The van der Waals surface area contributed by atoms with Crippen LogP contribution in [0.4, 0.5) is 0 Å². The van der Waals surface area contributed by atoms with Gasteiger partial charge in [0, 0.05) is 12.0 Å². The SMILES string of the molecule is COc1ccccc1C(=O)NC(C(=O)O)(C(=O)NC(CC(C)C)C(=O)OC(C)(C)C)C(OC)(SSc1ccccc1)C(C)C. The highest BCUT2D eigenvalue weighted by Gasteiger charge is 2.67. The number of aliphatic carboxylic acids is 1. The number of nitrogens with one attached hydrogen (secondary N) is 2. The summed E-state index contributed by atoms with van der Waals surface area (Å²) in [5.41, 5.74) is -3.61. The summed E-state index contributed by atoms with van der Waals surface area (Å²) in [6.07, 6.45) is 0.157. The van der Waals surface area contributed by atoms with E-state index in [2.05, 4.69) is 10.6 Å². The predicted molar refractivity (Wildman–Crippen MR) is 173 cm³/mol. The van der Waals surface area contributed by atoms with Crippen LogP contribution in [0.1, 0.15) is 65.2 Å². The summed E-state index contributed by atoms with van der Waals surface area (Å²) in [7, 11) is 4.85. The number of hydrogen-bond donors (Lipinski definition) is 3. The first-order valence-electron chi connectivity index (χ1n) is 14.2. The Labute approximate surface area is 267 Å². The Kier molecular flexibility index (Phi) is 13.2. The zero-order chi connectivity index (χ0) is 33.3. The molecule has 0 heterocycles. The van der Waals surface area contributed by atoms with Gasteiger partial charge in [0.25, 0.3) is 17.4 Å². The van der Waals surface area contributed by atoms with Gasteiger partial charge in [-0.15, -0.1) is 0 Å². The maximum absolute atomic E-state index is 14.6. The van der Waals surface area contributed by atoms with E-state index in [4.69, 9.17) is 14.2 Å². The smallest absolute Gasteiger partial charge is 0.343 e. The topological polar surface area (TPSA) is 140 Å². The first kappa shape index (κ1) is 37.0. The summed E-state index contributed by atoms with van der Waals surface area (Å²) in [5, 5.41) is 16.2. The number of rotatable bonds is 15. The lowest BCUT2D eigenvalue weighted by Crippen LogP contribution is -2.77. The van der Waals surface area contributed by atoms with E-state index in [9.17, 15) is 24.3 Å². The standard InChI is InChI=1S/C32H44N2O8S2/c1-20(2)19-24(27(36)42-30(5,6)7)33-28(37)31(29(38)39,34-26(35)23-17-13-14-18-25(23)40-8)32(41-9,21(3)4)44-43-22-15-11-10-12-16-22/h10-18,20-21,24H,19H2,1-9H3,(H,33,37)(H,34,35)(H,38,39). The molecule has 0 bridgehead atoms. The quantitative estimate of drug-likeness (QED) is 0.0973. The van der Waals surface area contributed by atoms with Crippen molar-refractivity contribution in [2.75, 3.05) is 14.2 Å². The van der Waals surface area contributed by atoms with Crippen LogP contribution in [-0.2, 0) is 23.9 Å². The number of methoxy groups -OCH3 is 2. The number of benzene rings is 2. The molecule has 3 N–H and O–H groups in total. The van der Waals surface area contributed by atoms with Crippen molar-refractivity contribution < 1.29 is 38.5 Å². The van der Waals surface area contributed by atoms with Gasteiger partial charge in [0.1, 0.15) is 17.4 Å². The predicted octanol–water partition coefficient (Wildman–Crippen LogP) is 5.56. The number of hydrogen-bond acceptors (Lipinski definition) is 9. The van der Waals surface area contributed by atoms with Crippen LogP contribution >= 0.6 is 21.6 Å². The molecule has 2 aromatic carbocycles. The van der Waals surface area contributed by atoms with Gasteiger partial charge < -0.3 is 30.0 Å². The fourth-order valence-corrected chi connectivity index (χ4v) is 7.85. The van der Waals surface area contributed by atoms with Crippen LogP contribution in [0.2, 0.25) is 0 Å². The molecule has 2 amide bonds. The summed E-state index contributed by atoms with van der Waals surface area (Å²) in [5.74, 6) is -4.99. The van der Waals surface area contributed by atoms with Crippen LogP contribution in [0.15, 0.2) is 59.5 Å². The van der Waals surface area contributed by atoms with Crippen molar-refractivity contribution in [2.24, 2.45) is 11.8 Å². The van der Waals surface area contributed by atoms with E-state index in [0.29, 0.717) is 0 Å². The Balaban J connectivity index is 2.79. The zero-order valence-electron chi connectivity index (χ0n) is 26.8. The molecule has 10 nitrogen and oxygen atoms in total. The molecule has 242 valence electrons. The first-order chi connectivity index (χ1) is 20.5. The van der Waals surface area contributed by atoms with Crippen molar-refractivity contribution in [3.63, 3.8) is 0 Å². The van der Waals surface area contributed by atoms with E-state index >= 15 is 0 Å². The highest BCUT2D eigenvalue weighted by molar-refractivity contribution is 8.77. The average Bonchev–Trinajstić information content (AvgIpc) is 2.95. The molecule has 0 spiro atoms. The number of esters is 1. The van der Waals surface area contributed by atoms with Crippen molar-refractivity contribution >= 4 is 45.3 Å². The second kappa shape index (κ2) is 15.7. The van der Waals surface area contributed by atoms with Crippen LogP contribution in [0, 0.1) is 11.8 Å². The van der Waals surface area contributed by atoms with Crippen molar-refractivity contribution in [1.29, 1.82) is 0 Å². The number of ether oxygens (including phenoxy) is 3. The van der Waals surface area contributed by atoms with Gasteiger partial charge in [0.2, 0.25) is 0 Å². The fraction of sp³-hybridized carbons (Fsp3) is 0.500. The van der Waals surface area contributed by atoms with Crippen molar-refractivity contribution in [2.45, 2.75) is 81.9 Å². The van der Waals surface area contributed by atoms with Gasteiger partial charge in [-0.25, -0.2) is 9.59 Å².